The van der Waals surface area contributed by atoms with E-state index in [1.54, 1.807) is 6.92 Å². The number of alkyl halides is 2. The fourth-order valence-corrected chi connectivity index (χ4v) is 1.40. The van der Waals surface area contributed by atoms with E-state index in [0.717, 1.165) is 0 Å². The number of ether oxygens (including phenoxy) is 1. The van der Waals surface area contributed by atoms with Crippen molar-refractivity contribution < 1.29 is 23.2 Å². The number of hydrogen-bond acceptors (Lipinski definition) is 5. The quantitative estimate of drug-likeness (QED) is 0.471. The summed E-state index contributed by atoms with van der Waals surface area (Å²) in [6.07, 6.45) is -3.03. The first kappa shape index (κ1) is 13.9. The monoisotopic (exact) mass is 260 g/mol. The van der Waals surface area contributed by atoms with Crippen molar-refractivity contribution in [3.63, 3.8) is 0 Å². The lowest BCUT2D eigenvalue weighted by atomic mass is 10.1. The third-order valence-electron chi connectivity index (χ3n) is 2.13. The van der Waals surface area contributed by atoms with Gasteiger partial charge in [-0.05, 0) is 13.8 Å². The summed E-state index contributed by atoms with van der Waals surface area (Å²) >= 11 is 0. The second-order valence-corrected chi connectivity index (χ2v) is 3.30. The molecule has 0 atom stereocenters. The second-order valence-electron chi connectivity index (χ2n) is 3.30. The standard InChI is InChI=1S/C10H10F2N2O4/c1-3-18-10(15)6-4-7(14(16)17)8(9(11)12)5(2)13-6/h4,9H,3H2,1-2H3. The van der Waals surface area contributed by atoms with Gasteiger partial charge in [0.2, 0.25) is 0 Å². The highest BCUT2D eigenvalue weighted by Gasteiger charge is 2.27. The van der Waals surface area contributed by atoms with Gasteiger partial charge in [0.15, 0.2) is 5.69 Å². The summed E-state index contributed by atoms with van der Waals surface area (Å²) in [5, 5.41) is 10.7. The normalized spacial score (nSPS) is 10.5. The number of esters is 1. The minimum Gasteiger partial charge on any atom is -0.461 e. The molecule has 1 heterocycles. The molecule has 0 aromatic carbocycles. The zero-order chi connectivity index (χ0) is 13.9. The van der Waals surface area contributed by atoms with Gasteiger partial charge in [0.25, 0.3) is 12.1 Å². The number of rotatable bonds is 4. The first-order valence-electron chi connectivity index (χ1n) is 4.99. The molecule has 0 unspecified atom stereocenters. The Morgan fingerprint density at radius 1 is 1.61 bits per heavy atom. The minimum atomic E-state index is -3.03. The minimum absolute atomic E-state index is 0.0595. The van der Waals surface area contributed by atoms with Crippen LogP contribution in [0.1, 0.15) is 35.1 Å². The molecule has 0 saturated carbocycles. The molecule has 0 radical (unpaired) electrons. The summed E-state index contributed by atoms with van der Waals surface area (Å²) in [5.41, 5.74) is -2.23. The number of pyridine rings is 1. The van der Waals surface area contributed by atoms with Crippen molar-refractivity contribution in [2.75, 3.05) is 6.61 Å². The van der Waals surface area contributed by atoms with Gasteiger partial charge in [0.1, 0.15) is 5.56 Å². The predicted molar refractivity (Wildman–Crippen MR) is 56.5 cm³/mol. The van der Waals surface area contributed by atoms with Crippen molar-refractivity contribution in [1.29, 1.82) is 0 Å². The maximum atomic E-state index is 12.7. The van der Waals surface area contributed by atoms with E-state index in [2.05, 4.69) is 9.72 Å². The Hall–Kier alpha value is -2.12. The molecule has 18 heavy (non-hydrogen) atoms. The van der Waals surface area contributed by atoms with E-state index in [9.17, 15) is 23.7 Å². The number of nitrogens with zero attached hydrogens (tertiary/aromatic N) is 2. The molecule has 8 heteroatoms. The Bertz CT molecular complexity index is 491. The van der Waals surface area contributed by atoms with Crippen LogP contribution in [0.5, 0.6) is 0 Å². The van der Waals surface area contributed by atoms with E-state index in [1.165, 1.54) is 6.92 Å². The Balaban J connectivity index is 3.36. The molecular formula is C10H10F2N2O4. The molecule has 1 rings (SSSR count). The van der Waals surface area contributed by atoms with E-state index in [4.69, 9.17) is 0 Å². The lowest BCUT2D eigenvalue weighted by Crippen LogP contribution is -2.11. The van der Waals surface area contributed by atoms with Crippen LogP contribution in [0.15, 0.2) is 6.07 Å². The molecule has 0 aliphatic rings. The van der Waals surface area contributed by atoms with Gasteiger partial charge in [0, 0.05) is 6.07 Å². The van der Waals surface area contributed by atoms with Crippen molar-refractivity contribution in [2.24, 2.45) is 0 Å². The van der Waals surface area contributed by atoms with Gasteiger partial charge in [-0.15, -0.1) is 0 Å². The number of carbonyl (C=O) groups excluding carboxylic acids is 1. The number of halogens is 2. The fraction of sp³-hybridized carbons (Fsp3) is 0.400. The van der Waals surface area contributed by atoms with Gasteiger partial charge >= 0.3 is 5.97 Å². The first-order valence-corrected chi connectivity index (χ1v) is 4.99. The third-order valence-corrected chi connectivity index (χ3v) is 2.13. The highest BCUT2D eigenvalue weighted by molar-refractivity contribution is 5.88. The first-order chi connectivity index (χ1) is 8.38. The van der Waals surface area contributed by atoms with Gasteiger partial charge in [-0.1, -0.05) is 0 Å². The number of nitro groups is 1. The van der Waals surface area contributed by atoms with Crippen molar-refractivity contribution >= 4 is 11.7 Å². The predicted octanol–water partition coefficient (Wildman–Crippen LogP) is 2.41. The van der Waals surface area contributed by atoms with Crippen LogP contribution in [-0.4, -0.2) is 22.5 Å². The van der Waals surface area contributed by atoms with Crippen LogP contribution >= 0.6 is 0 Å². The fourth-order valence-electron chi connectivity index (χ4n) is 1.40. The Labute approximate surface area is 101 Å². The van der Waals surface area contributed by atoms with Gasteiger partial charge in [0.05, 0.1) is 17.2 Å². The Kier molecular flexibility index (Phi) is 4.24. The highest BCUT2D eigenvalue weighted by atomic mass is 19.3. The average Bonchev–Trinajstić information content (AvgIpc) is 2.27. The van der Waals surface area contributed by atoms with Crippen molar-refractivity contribution in [3.05, 3.63) is 33.1 Å². The molecule has 98 valence electrons. The van der Waals surface area contributed by atoms with Gasteiger partial charge in [-0.3, -0.25) is 10.1 Å². The molecule has 0 aliphatic heterocycles. The molecule has 0 bridgehead atoms. The lowest BCUT2D eigenvalue weighted by Gasteiger charge is -2.07. The summed E-state index contributed by atoms with van der Waals surface area (Å²) in [6, 6.07) is 0.701. The van der Waals surface area contributed by atoms with Crippen LogP contribution in [0.4, 0.5) is 14.5 Å². The number of carbonyl (C=O) groups is 1. The van der Waals surface area contributed by atoms with Gasteiger partial charge in [-0.25, -0.2) is 18.6 Å². The van der Waals surface area contributed by atoms with Crippen LogP contribution < -0.4 is 0 Å². The average molecular weight is 260 g/mol. The Morgan fingerprint density at radius 3 is 2.67 bits per heavy atom. The molecule has 0 spiro atoms. The summed E-state index contributed by atoms with van der Waals surface area (Å²) in [5.74, 6) is -0.885. The molecule has 1 aromatic heterocycles. The molecule has 0 saturated heterocycles. The molecule has 0 aliphatic carbocycles. The van der Waals surface area contributed by atoms with Gasteiger partial charge in [-0.2, -0.15) is 0 Å². The van der Waals surface area contributed by atoms with Crippen LogP contribution in [-0.2, 0) is 4.74 Å². The van der Waals surface area contributed by atoms with E-state index < -0.39 is 28.6 Å². The topological polar surface area (TPSA) is 82.3 Å². The summed E-state index contributed by atoms with van der Waals surface area (Å²) in [4.78, 5) is 24.7. The molecule has 0 amide bonds. The number of aryl methyl sites for hydroxylation is 1. The van der Waals surface area contributed by atoms with Crippen LogP contribution in [0.25, 0.3) is 0 Å². The van der Waals surface area contributed by atoms with E-state index >= 15 is 0 Å². The maximum absolute atomic E-state index is 12.7. The van der Waals surface area contributed by atoms with Gasteiger partial charge < -0.3 is 4.74 Å². The molecule has 1 aromatic rings. The third kappa shape index (κ3) is 2.76. The number of hydrogen-bond donors (Lipinski definition) is 0. The molecular weight excluding hydrogens is 250 g/mol. The Morgan fingerprint density at radius 2 is 2.22 bits per heavy atom. The lowest BCUT2D eigenvalue weighted by molar-refractivity contribution is -0.386. The van der Waals surface area contributed by atoms with Crippen molar-refractivity contribution in [2.45, 2.75) is 20.3 Å². The maximum Gasteiger partial charge on any atom is 0.357 e. The SMILES string of the molecule is CCOC(=O)c1cc([N+](=O)[O-])c(C(F)F)c(C)n1. The van der Waals surface area contributed by atoms with Crippen LogP contribution in [0.3, 0.4) is 0 Å². The molecule has 0 N–H and O–H groups in total. The second kappa shape index (κ2) is 5.48. The molecule has 0 fully saturated rings. The summed E-state index contributed by atoms with van der Waals surface area (Å²) in [7, 11) is 0. The summed E-state index contributed by atoms with van der Waals surface area (Å²) < 4.78 is 29.9. The van der Waals surface area contributed by atoms with E-state index in [0.29, 0.717) is 6.07 Å². The summed E-state index contributed by atoms with van der Waals surface area (Å²) in [6.45, 7) is 2.79. The zero-order valence-electron chi connectivity index (χ0n) is 9.65. The zero-order valence-corrected chi connectivity index (χ0v) is 9.65. The van der Waals surface area contributed by atoms with Crippen molar-refractivity contribution in [1.82, 2.24) is 4.98 Å². The number of aromatic nitrogens is 1. The largest absolute Gasteiger partial charge is 0.461 e. The smallest absolute Gasteiger partial charge is 0.357 e. The van der Waals surface area contributed by atoms with Crippen LogP contribution in [0.2, 0.25) is 0 Å². The van der Waals surface area contributed by atoms with E-state index in [1.807, 2.05) is 0 Å². The van der Waals surface area contributed by atoms with E-state index in [-0.39, 0.29) is 18.0 Å². The van der Waals surface area contributed by atoms with Crippen LogP contribution in [0, 0.1) is 17.0 Å². The highest BCUT2D eigenvalue weighted by Crippen LogP contribution is 2.31. The van der Waals surface area contributed by atoms with Crippen molar-refractivity contribution in [3.8, 4) is 0 Å². The molecule has 6 nitrogen and oxygen atoms in total.